The van der Waals surface area contributed by atoms with Crippen molar-refractivity contribution in [3.63, 3.8) is 0 Å². The minimum Gasteiger partial charge on any atom is -0.481 e. The summed E-state index contributed by atoms with van der Waals surface area (Å²) in [6.45, 7) is 2.06. The average molecular weight is 325 g/mol. The van der Waals surface area contributed by atoms with Gasteiger partial charge in [-0.25, -0.2) is 4.98 Å². The predicted molar refractivity (Wildman–Crippen MR) is 94.1 cm³/mol. The van der Waals surface area contributed by atoms with Gasteiger partial charge in [0, 0.05) is 45.8 Å². The molecule has 1 aromatic carbocycles. The zero-order valence-electron chi connectivity index (χ0n) is 14.1. The Morgan fingerprint density at radius 1 is 1.21 bits per heavy atom. The van der Waals surface area contributed by atoms with Crippen molar-refractivity contribution in [3.05, 3.63) is 59.8 Å². The van der Waals surface area contributed by atoms with E-state index in [1.165, 1.54) is 0 Å². The Bertz CT molecular complexity index is 686. The molecule has 2 aromatic rings. The fraction of sp³-hybridized carbons (Fsp3) is 0.368. The highest BCUT2D eigenvalue weighted by Crippen LogP contribution is 2.33. The van der Waals surface area contributed by atoms with Crippen molar-refractivity contribution >= 4 is 11.8 Å². The van der Waals surface area contributed by atoms with Crippen molar-refractivity contribution in [2.45, 2.75) is 12.5 Å². The number of hydrogen-bond donors (Lipinski definition) is 1. The van der Waals surface area contributed by atoms with Crippen LogP contribution in [0.25, 0.3) is 0 Å². The lowest BCUT2D eigenvalue weighted by atomic mass is 9.89. The van der Waals surface area contributed by atoms with E-state index in [1.807, 2.05) is 61.6 Å². The Kier molecular flexibility index (Phi) is 4.81. The SMILES string of the molecule is CN(C)c1ccc(CN2C[C@H](C(=O)O)[C@@H](c3ccccc3)C2)cn1. The summed E-state index contributed by atoms with van der Waals surface area (Å²) in [5.74, 6) is -0.114. The normalized spacial score (nSPS) is 20.9. The number of pyridine rings is 1. The zero-order chi connectivity index (χ0) is 17.1. The lowest BCUT2D eigenvalue weighted by Gasteiger charge is -2.17. The highest BCUT2D eigenvalue weighted by molar-refractivity contribution is 5.72. The van der Waals surface area contributed by atoms with E-state index in [0.717, 1.165) is 30.0 Å². The molecule has 0 bridgehead atoms. The molecule has 0 saturated carbocycles. The standard InChI is InChI=1S/C19H23N3O2/c1-21(2)18-9-8-14(10-20-18)11-22-12-16(17(13-22)19(23)24)15-6-4-3-5-7-15/h3-10,16-17H,11-13H2,1-2H3,(H,23,24)/t16-,17+/m1/s1. The van der Waals surface area contributed by atoms with Gasteiger partial charge >= 0.3 is 5.97 Å². The molecule has 0 aliphatic carbocycles. The van der Waals surface area contributed by atoms with Crippen LogP contribution in [0.1, 0.15) is 17.0 Å². The van der Waals surface area contributed by atoms with Crippen LogP contribution < -0.4 is 4.90 Å². The molecule has 1 N–H and O–H groups in total. The number of aliphatic carboxylic acids is 1. The maximum Gasteiger partial charge on any atom is 0.308 e. The van der Waals surface area contributed by atoms with Crippen LogP contribution in [0, 0.1) is 5.92 Å². The van der Waals surface area contributed by atoms with Crippen molar-refractivity contribution in [2.24, 2.45) is 5.92 Å². The van der Waals surface area contributed by atoms with Crippen LogP contribution in [0.4, 0.5) is 5.82 Å². The fourth-order valence-electron chi connectivity index (χ4n) is 3.34. The van der Waals surface area contributed by atoms with Gasteiger partial charge in [-0.05, 0) is 17.2 Å². The van der Waals surface area contributed by atoms with Gasteiger partial charge in [0.1, 0.15) is 5.82 Å². The first kappa shape index (κ1) is 16.5. The number of carboxylic acid groups (broad SMARTS) is 1. The molecule has 1 aliphatic rings. The predicted octanol–water partition coefficient (Wildman–Crippen LogP) is 2.45. The molecule has 1 fully saturated rings. The Labute approximate surface area is 142 Å². The summed E-state index contributed by atoms with van der Waals surface area (Å²) in [5.41, 5.74) is 2.21. The molecule has 0 unspecified atom stereocenters. The third-order valence-corrected chi connectivity index (χ3v) is 4.61. The molecule has 5 heteroatoms. The number of carboxylic acids is 1. The Morgan fingerprint density at radius 2 is 1.96 bits per heavy atom. The van der Waals surface area contributed by atoms with E-state index in [4.69, 9.17) is 0 Å². The Balaban J connectivity index is 1.72. The number of rotatable bonds is 5. The Morgan fingerprint density at radius 3 is 2.54 bits per heavy atom. The van der Waals surface area contributed by atoms with Crippen LogP contribution in [0.15, 0.2) is 48.7 Å². The molecule has 126 valence electrons. The topological polar surface area (TPSA) is 56.7 Å². The second-order valence-electron chi connectivity index (χ2n) is 6.58. The van der Waals surface area contributed by atoms with Crippen molar-refractivity contribution < 1.29 is 9.90 Å². The summed E-state index contributed by atoms with van der Waals surface area (Å²) in [6.07, 6.45) is 1.88. The van der Waals surface area contributed by atoms with Gasteiger partial charge in [0.15, 0.2) is 0 Å². The molecule has 1 aromatic heterocycles. The average Bonchev–Trinajstić information content (AvgIpc) is 3.00. The second-order valence-corrected chi connectivity index (χ2v) is 6.58. The number of hydrogen-bond acceptors (Lipinski definition) is 4. The van der Waals surface area contributed by atoms with Crippen molar-refractivity contribution in [3.8, 4) is 0 Å². The van der Waals surface area contributed by atoms with Gasteiger partial charge in [-0.3, -0.25) is 9.69 Å². The van der Waals surface area contributed by atoms with Crippen LogP contribution in [0.5, 0.6) is 0 Å². The maximum absolute atomic E-state index is 11.7. The number of nitrogens with zero attached hydrogens (tertiary/aromatic N) is 3. The number of aromatic nitrogens is 1. The van der Waals surface area contributed by atoms with Crippen LogP contribution in [0.2, 0.25) is 0 Å². The monoisotopic (exact) mass is 325 g/mol. The van der Waals surface area contributed by atoms with E-state index < -0.39 is 5.97 Å². The Hall–Kier alpha value is -2.40. The summed E-state index contributed by atoms with van der Waals surface area (Å²) in [6, 6.07) is 14.0. The molecule has 0 amide bonds. The van der Waals surface area contributed by atoms with Gasteiger partial charge in [-0.1, -0.05) is 36.4 Å². The minimum atomic E-state index is -0.715. The first-order valence-electron chi connectivity index (χ1n) is 8.17. The molecule has 1 aliphatic heterocycles. The highest BCUT2D eigenvalue weighted by Gasteiger charge is 2.38. The van der Waals surface area contributed by atoms with Gasteiger partial charge in [0.05, 0.1) is 5.92 Å². The molecular formula is C19H23N3O2. The van der Waals surface area contributed by atoms with E-state index in [9.17, 15) is 9.90 Å². The second kappa shape index (κ2) is 7.01. The molecule has 2 heterocycles. The number of anilines is 1. The molecule has 2 atom stereocenters. The van der Waals surface area contributed by atoms with Crippen molar-refractivity contribution in [2.75, 3.05) is 32.1 Å². The van der Waals surface area contributed by atoms with E-state index in [0.29, 0.717) is 6.54 Å². The summed E-state index contributed by atoms with van der Waals surface area (Å²) in [5, 5.41) is 9.58. The summed E-state index contributed by atoms with van der Waals surface area (Å²) < 4.78 is 0. The van der Waals surface area contributed by atoms with Gasteiger partial charge in [-0.15, -0.1) is 0 Å². The largest absolute Gasteiger partial charge is 0.481 e. The number of likely N-dealkylation sites (tertiary alicyclic amines) is 1. The fourth-order valence-corrected chi connectivity index (χ4v) is 3.34. The first-order chi connectivity index (χ1) is 11.5. The molecule has 24 heavy (non-hydrogen) atoms. The van der Waals surface area contributed by atoms with E-state index in [2.05, 4.69) is 16.0 Å². The molecule has 1 saturated heterocycles. The van der Waals surface area contributed by atoms with Crippen LogP contribution in [-0.4, -0.2) is 48.1 Å². The number of benzene rings is 1. The summed E-state index contributed by atoms with van der Waals surface area (Å²) in [4.78, 5) is 20.3. The smallest absolute Gasteiger partial charge is 0.308 e. The van der Waals surface area contributed by atoms with Crippen LogP contribution in [0.3, 0.4) is 0 Å². The maximum atomic E-state index is 11.7. The third kappa shape index (κ3) is 3.57. The lowest BCUT2D eigenvalue weighted by Crippen LogP contribution is -2.23. The van der Waals surface area contributed by atoms with Crippen molar-refractivity contribution in [1.82, 2.24) is 9.88 Å². The van der Waals surface area contributed by atoms with Gasteiger partial charge in [0.2, 0.25) is 0 Å². The van der Waals surface area contributed by atoms with E-state index >= 15 is 0 Å². The molecule has 0 spiro atoms. The van der Waals surface area contributed by atoms with Gasteiger partial charge in [-0.2, -0.15) is 0 Å². The quantitative estimate of drug-likeness (QED) is 0.915. The summed E-state index contributed by atoms with van der Waals surface area (Å²) >= 11 is 0. The molecular weight excluding hydrogens is 302 g/mol. The van der Waals surface area contributed by atoms with E-state index in [1.54, 1.807) is 0 Å². The number of carbonyl (C=O) groups is 1. The van der Waals surface area contributed by atoms with E-state index in [-0.39, 0.29) is 11.8 Å². The molecule has 5 nitrogen and oxygen atoms in total. The van der Waals surface area contributed by atoms with Gasteiger partial charge < -0.3 is 10.0 Å². The first-order valence-corrected chi connectivity index (χ1v) is 8.17. The molecule has 0 radical (unpaired) electrons. The lowest BCUT2D eigenvalue weighted by molar-refractivity contribution is -0.141. The highest BCUT2D eigenvalue weighted by atomic mass is 16.4. The van der Waals surface area contributed by atoms with Gasteiger partial charge in [0.25, 0.3) is 0 Å². The zero-order valence-corrected chi connectivity index (χ0v) is 14.1. The third-order valence-electron chi connectivity index (χ3n) is 4.61. The van der Waals surface area contributed by atoms with Crippen molar-refractivity contribution in [1.29, 1.82) is 0 Å². The summed E-state index contributed by atoms with van der Waals surface area (Å²) in [7, 11) is 3.93. The van der Waals surface area contributed by atoms with Crippen LogP contribution in [-0.2, 0) is 11.3 Å². The van der Waals surface area contributed by atoms with Crippen LogP contribution >= 0.6 is 0 Å². The minimum absolute atomic E-state index is 0.0395. The molecule has 3 rings (SSSR count).